The maximum atomic E-state index is 12.8. The minimum absolute atomic E-state index is 0.0548. The molecule has 1 aromatic carbocycles. The standard InChI is InChI=1S/C17H25N3O/c1-19(2)14-7-5-11-20(12-14)17(21)16-10-9-13-6-3-4-8-15(13)18-16/h3-4,6,8,14,16,18H,5,7,9-12H2,1-2H3. The third-order valence-corrected chi connectivity index (χ3v) is 4.79. The van der Waals surface area contributed by atoms with Gasteiger partial charge in [0.25, 0.3) is 0 Å². The van der Waals surface area contributed by atoms with Gasteiger partial charge < -0.3 is 15.1 Å². The molecular formula is C17H25N3O. The van der Waals surface area contributed by atoms with E-state index in [4.69, 9.17) is 0 Å². The maximum Gasteiger partial charge on any atom is 0.245 e. The molecule has 2 aliphatic heterocycles. The van der Waals surface area contributed by atoms with E-state index in [1.54, 1.807) is 0 Å². The first-order valence-electron chi connectivity index (χ1n) is 7.95. The van der Waals surface area contributed by atoms with Crippen molar-refractivity contribution in [1.29, 1.82) is 0 Å². The zero-order valence-corrected chi connectivity index (χ0v) is 13.0. The van der Waals surface area contributed by atoms with E-state index < -0.39 is 0 Å². The molecule has 2 unspecified atom stereocenters. The molecular weight excluding hydrogens is 262 g/mol. The maximum absolute atomic E-state index is 12.8. The number of nitrogens with zero attached hydrogens (tertiary/aromatic N) is 2. The van der Waals surface area contributed by atoms with Gasteiger partial charge in [-0.2, -0.15) is 0 Å². The van der Waals surface area contributed by atoms with Gasteiger partial charge in [0.1, 0.15) is 6.04 Å². The molecule has 0 saturated carbocycles. The fourth-order valence-electron chi connectivity index (χ4n) is 3.42. The number of likely N-dealkylation sites (N-methyl/N-ethyl adjacent to an activating group) is 1. The predicted octanol–water partition coefficient (Wildman–Crippen LogP) is 1.97. The van der Waals surface area contributed by atoms with Crippen LogP contribution in [0, 0.1) is 0 Å². The fraction of sp³-hybridized carbons (Fsp3) is 0.588. The van der Waals surface area contributed by atoms with E-state index in [2.05, 4.69) is 47.4 Å². The number of carbonyl (C=O) groups is 1. The number of anilines is 1. The van der Waals surface area contributed by atoms with Crippen molar-refractivity contribution in [3.8, 4) is 0 Å². The Balaban J connectivity index is 1.66. The van der Waals surface area contributed by atoms with Crippen LogP contribution >= 0.6 is 0 Å². The first-order valence-corrected chi connectivity index (χ1v) is 7.95. The number of benzene rings is 1. The molecule has 0 aromatic heterocycles. The summed E-state index contributed by atoms with van der Waals surface area (Å²) < 4.78 is 0. The minimum Gasteiger partial charge on any atom is -0.373 e. The molecule has 0 radical (unpaired) electrons. The van der Waals surface area contributed by atoms with Crippen LogP contribution in [0.2, 0.25) is 0 Å². The molecule has 2 aliphatic rings. The zero-order chi connectivity index (χ0) is 14.8. The summed E-state index contributed by atoms with van der Waals surface area (Å²) in [6.07, 6.45) is 4.19. The van der Waals surface area contributed by atoms with Gasteiger partial charge in [-0.3, -0.25) is 4.79 Å². The van der Waals surface area contributed by atoms with Crippen LogP contribution in [0.5, 0.6) is 0 Å². The normalized spacial score (nSPS) is 25.4. The second-order valence-electron chi connectivity index (χ2n) is 6.44. The van der Waals surface area contributed by atoms with Gasteiger partial charge in [0.15, 0.2) is 0 Å². The van der Waals surface area contributed by atoms with E-state index in [1.165, 1.54) is 12.0 Å². The Bertz CT molecular complexity index is 515. The van der Waals surface area contributed by atoms with Gasteiger partial charge in [0.05, 0.1) is 0 Å². The average molecular weight is 287 g/mol. The van der Waals surface area contributed by atoms with E-state index >= 15 is 0 Å². The van der Waals surface area contributed by atoms with Crippen LogP contribution in [0.15, 0.2) is 24.3 Å². The molecule has 0 bridgehead atoms. The topological polar surface area (TPSA) is 35.6 Å². The van der Waals surface area contributed by atoms with Crippen molar-refractivity contribution in [2.24, 2.45) is 0 Å². The number of hydrogen-bond acceptors (Lipinski definition) is 3. The van der Waals surface area contributed by atoms with Crippen LogP contribution in [0.1, 0.15) is 24.8 Å². The lowest BCUT2D eigenvalue weighted by atomic mass is 9.96. The van der Waals surface area contributed by atoms with Crippen LogP contribution in [0.3, 0.4) is 0 Å². The quantitative estimate of drug-likeness (QED) is 0.903. The van der Waals surface area contributed by atoms with E-state index in [0.29, 0.717) is 6.04 Å². The molecule has 0 aliphatic carbocycles. The van der Waals surface area contributed by atoms with Crippen LogP contribution in [-0.2, 0) is 11.2 Å². The molecule has 1 fully saturated rings. The van der Waals surface area contributed by atoms with Crippen molar-refractivity contribution in [3.05, 3.63) is 29.8 Å². The molecule has 2 heterocycles. The molecule has 0 spiro atoms. The summed E-state index contributed by atoms with van der Waals surface area (Å²) in [5.74, 6) is 0.274. The summed E-state index contributed by atoms with van der Waals surface area (Å²) in [7, 11) is 4.21. The van der Waals surface area contributed by atoms with Crippen molar-refractivity contribution in [3.63, 3.8) is 0 Å². The average Bonchev–Trinajstić information content (AvgIpc) is 2.53. The number of rotatable bonds is 2. The van der Waals surface area contributed by atoms with Gasteiger partial charge in [0, 0.05) is 24.8 Å². The third-order valence-electron chi connectivity index (χ3n) is 4.79. The molecule has 4 heteroatoms. The highest BCUT2D eigenvalue weighted by Gasteiger charge is 2.31. The van der Waals surface area contributed by atoms with Gasteiger partial charge in [0.2, 0.25) is 5.91 Å². The highest BCUT2D eigenvalue weighted by atomic mass is 16.2. The van der Waals surface area contributed by atoms with Gasteiger partial charge in [-0.1, -0.05) is 18.2 Å². The van der Waals surface area contributed by atoms with Gasteiger partial charge in [-0.05, 0) is 51.4 Å². The SMILES string of the molecule is CN(C)C1CCCN(C(=O)C2CCc3ccccc3N2)C1. The van der Waals surface area contributed by atoms with Crippen molar-refractivity contribution in [2.45, 2.75) is 37.8 Å². The molecule has 1 aromatic rings. The van der Waals surface area contributed by atoms with Gasteiger partial charge >= 0.3 is 0 Å². The Morgan fingerprint density at radius 3 is 2.90 bits per heavy atom. The molecule has 21 heavy (non-hydrogen) atoms. The molecule has 2 atom stereocenters. The molecule has 1 N–H and O–H groups in total. The lowest BCUT2D eigenvalue weighted by Crippen LogP contribution is -2.52. The van der Waals surface area contributed by atoms with E-state index in [-0.39, 0.29) is 11.9 Å². The Morgan fingerprint density at radius 2 is 2.10 bits per heavy atom. The molecule has 3 rings (SSSR count). The van der Waals surface area contributed by atoms with Crippen molar-refractivity contribution in [1.82, 2.24) is 9.80 Å². The number of amides is 1. The Kier molecular flexibility index (Phi) is 4.15. The lowest BCUT2D eigenvalue weighted by Gasteiger charge is -2.38. The molecule has 1 amide bonds. The number of para-hydroxylation sites is 1. The van der Waals surface area contributed by atoms with E-state index in [0.717, 1.165) is 38.0 Å². The van der Waals surface area contributed by atoms with Crippen molar-refractivity contribution in [2.75, 3.05) is 32.5 Å². The Morgan fingerprint density at radius 1 is 1.29 bits per heavy atom. The number of aryl methyl sites for hydroxylation is 1. The fourth-order valence-corrected chi connectivity index (χ4v) is 3.42. The monoisotopic (exact) mass is 287 g/mol. The minimum atomic E-state index is -0.0548. The summed E-state index contributed by atoms with van der Waals surface area (Å²) in [6.45, 7) is 1.77. The Hall–Kier alpha value is -1.55. The number of piperidine rings is 1. The highest BCUT2D eigenvalue weighted by molar-refractivity contribution is 5.85. The molecule has 1 saturated heterocycles. The number of likely N-dealkylation sites (tertiary alicyclic amines) is 1. The van der Waals surface area contributed by atoms with Crippen molar-refractivity contribution >= 4 is 11.6 Å². The second-order valence-corrected chi connectivity index (χ2v) is 6.44. The predicted molar refractivity (Wildman–Crippen MR) is 85.5 cm³/mol. The zero-order valence-electron chi connectivity index (χ0n) is 13.0. The Labute approximate surface area is 127 Å². The third kappa shape index (κ3) is 3.05. The van der Waals surface area contributed by atoms with Crippen molar-refractivity contribution < 1.29 is 4.79 Å². The van der Waals surface area contributed by atoms with Crippen LogP contribution in [0.4, 0.5) is 5.69 Å². The number of carbonyl (C=O) groups excluding carboxylic acids is 1. The first kappa shape index (κ1) is 14.4. The highest BCUT2D eigenvalue weighted by Crippen LogP contribution is 2.26. The number of nitrogens with one attached hydrogen (secondary N) is 1. The smallest absolute Gasteiger partial charge is 0.245 e. The lowest BCUT2D eigenvalue weighted by molar-refractivity contribution is -0.134. The summed E-state index contributed by atoms with van der Waals surface area (Å²) in [6, 6.07) is 8.76. The van der Waals surface area contributed by atoms with E-state index in [1.807, 2.05) is 6.07 Å². The van der Waals surface area contributed by atoms with E-state index in [9.17, 15) is 4.79 Å². The number of hydrogen-bond donors (Lipinski definition) is 1. The number of fused-ring (bicyclic) bond motifs is 1. The summed E-state index contributed by atoms with van der Waals surface area (Å²) in [4.78, 5) is 17.1. The summed E-state index contributed by atoms with van der Waals surface area (Å²) in [5.41, 5.74) is 2.45. The van der Waals surface area contributed by atoms with Crippen LogP contribution in [0.25, 0.3) is 0 Å². The summed E-state index contributed by atoms with van der Waals surface area (Å²) >= 11 is 0. The van der Waals surface area contributed by atoms with Gasteiger partial charge in [-0.25, -0.2) is 0 Å². The first-order chi connectivity index (χ1) is 10.1. The summed E-state index contributed by atoms with van der Waals surface area (Å²) in [5, 5.41) is 3.43. The largest absolute Gasteiger partial charge is 0.373 e. The molecule has 114 valence electrons. The van der Waals surface area contributed by atoms with Crippen LogP contribution in [-0.4, -0.2) is 55.0 Å². The molecule has 4 nitrogen and oxygen atoms in total. The van der Waals surface area contributed by atoms with Gasteiger partial charge in [-0.15, -0.1) is 0 Å². The second kappa shape index (κ2) is 6.06. The van der Waals surface area contributed by atoms with Crippen LogP contribution < -0.4 is 5.32 Å².